The van der Waals surface area contributed by atoms with E-state index in [0.717, 1.165) is 16.2 Å². The molecule has 0 spiro atoms. The van der Waals surface area contributed by atoms with E-state index in [0.29, 0.717) is 12.3 Å². The molecule has 0 bridgehead atoms. The lowest BCUT2D eigenvalue weighted by molar-refractivity contribution is 0.625. The molecule has 0 amide bonds. The second kappa shape index (κ2) is 5.75. The van der Waals surface area contributed by atoms with Crippen molar-refractivity contribution < 1.29 is 4.39 Å². The minimum absolute atomic E-state index is 0.239. The Balaban J connectivity index is 2.11. The SMILES string of the molecule is NCc1ccc(F)cc1CSc1cnccn1. The van der Waals surface area contributed by atoms with Gasteiger partial charge in [0.2, 0.25) is 0 Å². The molecular weight excluding hydrogens is 237 g/mol. The van der Waals surface area contributed by atoms with Crippen LogP contribution in [0.2, 0.25) is 0 Å². The predicted molar refractivity (Wildman–Crippen MR) is 65.9 cm³/mol. The summed E-state index contributed by atoms with van der Waals surface area (Å²) >= 11 is 1.52. The van der Waals surface area contributed by atoms with Crippen LogP contribution in [-0.4, -0.2) is 9.97 Å². The van der Waals surface area contributed by atoms with Crippen LogP contribution < -0.4 is 5.73 Å². The van der Waals surface area contributed by atoms with Gasteiger partial charge in [-0.2, -0.15) is 0 Å². The maximum absolute atomic E-state index is 13.1. The van der Waals surface area contributed by atoms with E-state index in [1.165, 1.54) is 23.9 Å². The molecule has 0 radical (unpaired) electrons. The molecule has 1 aromatic carbocycles. The quantitative estimate of drug-likeness (QED) is 0.845. The zero-order valence-electron chi connectivity index (χ0n) is 9.14. The Hall–Kier alpha value is -1.46. The van der Waals surface area contributed by atoms with E-state index in [1.807, 2.05) is 0 Å². The molecule has 1 aromatic heterocycles. The summed E-state index contributed by atoms with van der Waals surface area (Å²) in [5.41, 5.74) is 7.48. The molecule has 2 aromatic rings. The van der Waals surface area contributed by atoms with Gasteiger partial charge in [-0.15, -0.1) is 11.8 Å². The summed E-state index contributed by atoms with van der Waals surface area (Å²) in [6, 6.07) is 4.67. The number of nitrogens with zero attached hydrogens (tertiary/aromatic N) is 2. The third kappa shape index (κ3) is 3.25. The largest absolute Gasteiger partial charge is 0.326 e. The predicted octanol–water partition coefficient (Wildman–Crippen LogP) is 2.37. The monoisotopic (exact) mass is 249 g/mol. The first kappa shape index (κ1) is 12.0. The van der Waals surface area contributed by atoms with Crippen LogP contribution in [0, 0.1) is 5.82 Å². The fourth-order valence-electron chi connectivity index (χ4n) is 1.44. The Bertz CT molecular complexity index is 490. The zero-order chi connectivity index (χ0) is 12.1. The molecule has 3 nitrogen and oxygen atoms in total. The summed E-state index contributed by atoms with van der Waals surface area (Å²) in [4.78, 5) is 8.12. The van der Waals surface area contributed by atoms with Crippen LogP contribution in [-0.2, 0) is 12.3 Å². The van der Waals surface area contributed by atoms with Crippen molar-refractivity contribution in [1.29, 1.82) is 0 Å². The molecule has 0 saturated heterocycles. The second-order valence-electron chi connectivity index (χ2n) is 3.45. The van der Waals surface area contributed by atoms with Gasteiger partial charge in [-0.3, -0.25) is 4.98 Å². The Morgan fingerprint density at radius 3 is 2.82 bits per heavy atom. The van der Waals surface area contributed by atoms with Gasteiger partial charge in [-0.25, -0.2) is 9.37 Å². The average Bonchev–Trinajstić information content (AvgIpc) is 2.38. The van der Waals surface area contributed by atoms with Crippen molar-refractivity contribution in [1.82, 2.24) is 9.97 Å². The van der Waals surface area contributed by atoms with Crippen LogP contribution in [0.1, 0.15) is 11.1 Å². The number of benzene rings is 1. The van der Waals surface area contributed by atoms with E-state index in [-0.39, 0.29) is 5.82 Å². The van der Waals surface area contributed by atoms with Crippen molar-refractivity contribution in [3.05, 3.63) is 53.7 Å². The van der Waals surface area contributed by atoms with Crippen LogP contribution in [0.25, 0.3) is 0 Å². The highest BCUT2D eigenvalue weighted by atomic mass is 32.2. The second-order valence-corrected chi connectivity index (χ2v) is 4.45. The lowest BCUT2D eigenvalue weighted by Gasteiger charge is -2.07. The lowest BCUT2D eigenvalue weighted by atomic mass is 10.1. The molecule has 0 saturated carbocycles. The van der Waals surface area contributed by atoms with E-state index >= 15 is 0 Å². The molecule has 0 fully saturated rings. The standard InChI is InChI=1S/C12H12FN3S/c13-11-2-1-9(6-14)10(5-11)8-17-12-7-15-3-4-16-12/h1-5,7H,6,8,14H2. The Kier molecular flexibility index (Phi) is 4.06. The molecule has 0 aliphatic rings. The number of hydrogen-bond donors (Lipinski definition) is 1. The highest BCUT2D eigenvalue weighted by Crippen LogP contribution is 2.22. The first-order valence-electron chi connectivity index (χ1n) is 5.16. The molecule has 88 valence electrons. The zero-order valence-corrected chi connectivity index (χ0v) is 9.95. The number of halogens is 1. The maximum Gasteiger partial charge on any atom is 0.123 e. The Labute approximate surface area is 103 Å². The van der Waals surface area contributed by atoms with Gasteiger partial charge in [0, 0.05) is 24.7 Å². The first-order chi connectivity index (χ1) is 8.29. The molecule has 1 heterocycles. The smallest absolute Gasteiger partial charge is 0.123 e. The third-order valence-electron chi connectivity index (χ3n) is 2.30. The molecule has 2 N–H and O–H groups in total. The summed E-state index contributed by atoms with van der Waals surface area (Å²) in [5.74, 6) is 0.403. The summed E-state index contributed by atoms with van der Waals surface area (Å²) in [6.07, 6.45) is 4.95. The first-order valence-corrected chi connectivity index (χ1v) is 6.14. The molecule has 2 rings (SSSR count). The van der Waals surface area contributed by atoms with E-state index in [1.54, 1.807) is 24.7 Å². The van der Waals surface area contributed by atoms with E-state index in [4.69, 9.17) is 5.73 Å². The molecule has 0 aliphatic heterocycles. The van der Waals surface area contributed by atoms with E-state index in [9.17, 15) is 4.39 Å². The minimum Gasteiger partial charge on any atom is -0.326 e. The van der Waals surface area contributed by atoms with Crippen molar-refractivity contribution in [3.8, 4) is 0 Å². The molecule has 17 heavy (non-hydrogen) atoms. The van der Waals surface area contributed by atoms with Crippen LogP contribution in [0.15, 0.2) is 41.8 Å². The average molecular weight is 249 g/mol. The maximum atomic E-state index is 13.1. The number of aromatic nitrogens is 2. The van der Waals surface area contributed by atoms with Gasteiger partial charge in [-0.05, 0) is 23.3 Å². The van der Waals surface area contributed by atoms with Gasteiger partial charge in [0.1, 0.15) is 10.8 Å². The number of nitrogens with two attached hydrogens (primary N) is 1. The van der Waals surface area contributed by atoms with E-state index < -0.39 is 0 Å². The summed E-state index contributed by atoms with van der Waals surface area (Å²) in [6.45, 7) is 0.413. The van der Waals surface area contributed by atoms with Crippen molar-refractivity contribution in [2.45, 2.75) is 17.3 Å². The summed E-state index contributed by atoms with van der Waals surface area (Å²) < 4.78 is 13.1. The topological polar surface area (TPSA) is 51.8 Å². The number of rotatable bonds is 4. The van der Waals surface area contributed by atoms with Crippen LogP contribution >= 0.6 is 11.8 Å². The van der Waals surface area contributed by atoms with Crippen molar-refractivity contribution in [3.63, 3.8) is 0 Å². The molecule has 0 atom stereocenters. The van der Waals surface area contributed by atoms with Crippen LogP contribution in [0.5, 0.6) is 0 Å². The fraction of sp³-hybridized carbons (Fsp3) is 0.167. The Morgan fingerprint density at radius 2 is 2.12 bits per heavy atom. The van der Waals surface area contributed by atoms with Crippen molar-refractivity contribution in [2.75, 3.05) is 0 Å². The van der Waals surface area contributed by atoms with Gasteiger partial charge < -0.3 is 5.73 Å². The van der Waals surface area contributed by atoms with Crippen LogP contribution in [0.3, 0.4) is 0 Å². The van der Waals surface area contributed by atoms with Gasteiger partial charge in [0.05, 0.1) is 6.20 Å². The van der Waals surface area contributed by atoms with Gasteiger partial charge in [0.15, 0.2) is 0 Å². The third-order valence-corrected chi connectivity index (χ3v) is 3.27. The van der Waals surface area contributed by atoms with E-state index in [2.05, 4.69) is 9.97 Å². The fourth-order valence-corrected chi connectivity index (χ4v) is 2.28. The number of thioether (sulfide) groups is 1. The molecule has 0 unspecified atom stereocenters. The van der Waals surface area contributed by atoms with Crippen molar-refractivity contribution in [2.24, 2.45) is 5.73 Å². The minimum atomic E-state index is -0.239. The normalized spacial score (nSPS) is 10.5. The van der Waals surface area contributed by atoms with Crippen molar-refractivity contribution >= 4 is 11.8 Å². The highest BCUT2D eigenvalue weighted by Gasteiger charge is 2.04. The summed E-state index contributed by atoms with van der Waals surface area (Å²) in [7, 11) is 0. The van der Waals surface area contributed by atoms with Gasteiger partial charge in [0.25, 0.3) is 0 Å². The molecule has 5 heteroatoms. The Morgan fingerprint density at radius 1 is 1.24 bits per heavy atom. The molecule has 0 aliphatic carbocycles. The lowest BCUT2D eigenvalue weighted by Crippen LogP contribution is -2.01. The molecular formula is C12H12FN3S. The summed E-state index contributed by atoms with van der Waals surface area (Å²) in [5, 5.41) is 0.819. The van der Waals surface area contributed by atoms with Crippen LogP contribution in [0.4, 0.5) is 4.39 Å². The van der Waals surface area contributed by atoms with Gasteiger partial charge >= 0.3 is 0 Å². The highest BCUT2D eigenvalue weighted by molar-refractivity contribution is 7.98. The number of hydrogen-bond acceptors (Lipinski definition) is 4. The van der Waals surface area contributed by atoms with Gasteiger partial charge in [-0.1, -0.05) is 6.07 Å².